The largest absolute Gasteiger partial charge is 0.504 e. The molecule has 0 aliphatic heterocycles. The number of phenols is 2. The summed E-state index contributed by atoms with van der Waals surface area (Å²) in [4.78, 5) is 0. The molecule has 0 aromatic heterocycles. The molecule has 3 rings (SSSR count). The number of hydrogen-bond acceptors (Lipinski definition) is 6. The van der Waals surface area contributed by atoms with Crippen molar-refractivity contribution in [1.82, 2.24) is 0 Å². The highest BCUT2D eigenvalue weighted by molar-refractivity contribution is 7.99. The van der Waals surface area contributed by atoms with Gasteiger partial charge in [0.15, 0.2) is 23.0 Å². The molecule has 37 heavy (non-hydrogen) atoms. The van der Waals surface area contributed by atoms with Crippen LogP contribution in [0.25, 0.3) is 0 Å². The van der Waals surface area contributed by atoms with Gasteiger partial charge >= 0.3 is 0 Å². The molecular weight excluding hydrogens is 500 g/mol. The number of benzene rings is 2. The maximum Gasteiger partial charge on any atom is 0.161 e. The van der Waals surface area contributed by atoms with Crippen molar-refractivity contribution in [2.24, 2.45) is 0 Å². The van der Waals surface area contributed by atoms with E-state index in [4.69, 9.17) is 9.47 Å². The normalized spacial score (nSPS) is 14.9. The van der Waals surface area contributed by atoms with Crippen LogP contribution in [0.5, 0.6) is 23.0 Å². The number of thioether (sulfide) groups is 1. The van der Waals surface area contributed by atoms with Gasteiger partial charge in [-0.15, -0.1) is 0 Å². The Bertz CT molecular complexity index is 972. The van der Waals surface area contributed by atoms with Crippen molar-refractivity contribution in [2.45, 2.75) is 108 Å². The van der Waals surface area contributed by atoms with Crippen LogP contribution < -0.4 is 9.47 Å². The van der Waals surface area contributed by atoms with Crippen molar-refractivity contribution in [2.75, 3.05) is 14.2 Å². The number of thiol groups is 1. The summed E-state index contributed by atoms with van der Waals surface area (Å²) in [5.41, 5.74) is 4.28. The summed E-state index contributed by atoms with van der Waals surface area (Å²) in [5.74, 6) is 3.01. The average molecular weight is 549 g/mol. The third kappa shape index (κ3) is 9.24. The maximum atomic E-state index is 10.4. The molecule has 6 heteroatoms. The maximum absolute atomic E-state index is 10.4. The molecule has 0 radical (unpaired) electrons. The monoisotopic (exact) mass is 548 g/mol. The minimum Gasteiger partial charge on any atom is -0.504 e. The Morgan fingerprint density at radius 2 is 1.19 bits per heavy atom. The standard InChI is InChI=1S/C19H30O2S.C12H18O2S/c1-19(2,3)15-11-14(18(20)17(12-15)21-4)13-22-16-9-7-5-6-8-10-16;1-12(2,3)9-5-8(7-15)11(13)10(6-9)14-4/h11-12,16,20H,5-10,13H2,1-4H3;5-6,13,15H,7H2,1-4H3. The summed E-state index contributed by atoms with van der Waals surface area (Å²) >= 11 is 6.19. The number of hydrogen-bond donors (Lipinski definition) is 3. The number of methoxy groups -OCH3 is 2. The van der Waals surface area contributed by atoms with Crippen molar-refractivity contribution in [3.05, 3.63) is 46.5 Å². The molecule has 2 aromatic carbocycles. The highest BCUT2D eigenvalue weighted by Crippen LogP contribution is 2.40. The van der Waals surface area contributed by atoms with E-state index in [0.717, 1.165) is 27.7 Å². The smallest absolute Gasteiger partial charge is 0.161 e. The Balaban J connectivity index is 0.000000281. The van der Waals surface area contributed by atoms with E-state index in [0.29, 0.717) is 23.0 Å². The average Bonchev–Trinajstić information content (AvgIpc) is 3.11. The van der Waals surface area contributed by atoms with E-state index >= 15 is 0 Å². The van der Waals surface area contributed by atoms with Gasteiger partial charge in [-0.3, -0.25) is 0 Å². The lowest BCUT2D eigenvalue weighted by atomic mass is 9.86. The minimum atomic E-state index is 0.0404. The van der Waals surface area contributed by atoms with Crippen LogP contribution in [-0.4, -0.2) is 29.7 Å². The lowest BCUT2D eigenvalue weighted by Gasteiger charge is -2.22. The van der Waals surface area contributed by atoms with E-state index < -0.39 is 0 Å². The van der Waals surface area contributed by atoms with Gasteiger partial charge in [0.05, 0.1) is 14.2 Å². The van der Waals surface area contributed by atoms with Crippen LogP contribution in [0.3, 0.4) is 0 Å². The predicted octanol–water partition coefficient (Wildman–Crippen LogP) is 8.78. The Hall–Kier alpha value is -1.66. The zero-order valence-corrected chi connectivity index (χ0v) is 25.8. The molecule has 0 atom stereocenters. The van der Waals surface area contributed by atoms with Gasteiger partial charge < -0.3 is 19.7 Å². The van der Waals surface area contributed by atoms with Crippen molar-refractivity contribution < 1.29 is 19.7 Å². The van der Waals surface area contributed by atoms with Gasteiger partial charge in [0.2, 0.25) is 0 Å². The van der Waals surface area contributed by atoms with E-state index in [2.05, 4.69) is 60.2 Å². The highest BCUT2D eigenvalue weighted by atomic mass is 32.2. The Labute approximate surface area is 235 Å². The van der Waals surface area contributed by atoms with Crippen molar-refractivity contribution in [3.8, 4) is 23.0 Å². The van der Waals surface area contributed by atoms with E-state index in [1.807, 2.05) is 30.0 Å². The van der Waals surface area contributed by atoms with E-state index in [-0.39, 0.29) is 16.6 Å². The van der Waals surface area contributed by atoms with Crippen LogP contribution in [0, 0.1) is 0 Å². The van der Waals surface area contributed by atoms with Crippen molar-refractivity contribution in [3.63, 3.8) is 0 Å². The SMILES string of the molecule is COc1cc(C(C)(C)C)cc(CS)c1O.COc1cc(C(C)(C)C)cc(CSC2CCCCCC2)c1O. The van der Waals surface area contributed by atoms with Gasteiger partial charge in [-0.05, 0) is 46.9 Å². The van der Waals surface area contributed by atoms with Crippen LogP contribution in [0.2, 0.25) is 0 Å². The van der Waals surface area contributed by atoms with Gasteiger partial charge in [-0.2, -0.15) is 24.4 Å². The van der Waals surface area contributed by atoms with Crippen LogP contribution in [0.4, 0.5) is 0 Å². The van der Waals surface area contributed by atoms with Gasteiger partial charge in [0, 0.05) is 27.9 Å². The molecule has 1 saturated carbocycles. The molecule has 2 aromatic rings. The van der Waals surface area contributed by atoms with E-state index in [9.17, 15) is 10.2 Å². The van der Waals surface area contributed by atoms with Gasteiger partial charge in [-0.1, -0.05) is 79.4 Å². The highest BCUT2D eigenvalue weighted by Gasteiger charge is 2.21. The summed E-state index contributed by atoms with van der Waals surface area (Å²) in [6.07, 6.45) is 8.12. The summed E-state index contributed by atoms with van der Waals surface area (Å²) in [6.45, 7) is 13.0. The molecule has 208 valence electrons. The lowest BCUT2D eigenvalue weighted by Crippen LogP contribution is -2.12. The fourth-order valence-electron chi connectivity index (χ4n) is 4.36. The van der Waals surface area contributed by atoms with E-state index in [1.54, 1.807) is 14.2 Å². The number of ether oxygens (including phenoxy) is 2. The summed E-state index contributed by atoms with van der Waals surface area (Å²) in [7, 11) is 3.19. The fourth-order valence-corrected chi connectivity index (χ4v) is 5.90. The van der Waals surface area contributed by atoms with Crippen LogP contribution in [-0.2, 0) is 22.3 Å². The molecule has 1 aliphatic carbocycles. The molecule has 0 bridgehead atoms. The number of rotatable bonds is 6. The van der Waals surface area contributed by atoms with Crippen LogP contribution in [0.15, 0.2) is 24.3 Å². The Morgan fingerprint density at radius 3 is 1.59 bits per heavy atom. The first-order valence-corrected chi connectivity index (χ1v) is 15.0. The molecule has 0 spiro atoms. The minimum absolute atomic E-state index is 0.0404. The Kier molecular flexibility index (Phi) is 11.9. The quantitative estimate of drug-likeness (QED) is 0.249. The zero-order chi connectivity index (χ0) is 27.8. The molecule has 0 unspecified atom stereocenters. The third-order valence-corrected chi connectivity index (χ3v) is 8.69. The molecule has 4 nitrogen and oxygen atoms in total. The lowest BCUT2D eigenvalue weighted by molar-refractivity contribution is 0.369. The first-order valence-electron chi connectivity index (χ1n) is 13.3. The molecule has 1 fully saturated rings. The van der Waals surface area contributed by atoms with Gasteiger partial charge in [-0.25, -0.2) is 0 Å². The third-order valence-electron chi connectivity index (χ3n) is 6.93. The van der Waals surface area contributed by atoms with Crippen molar-refractivity contribution >= 4 is 24.4 Å². The molecule has 0 saturated heterocycles. The topological polar surface area (TPSA) is 58.9 Å². The molecular formula is C31H48O4S2. The molecule has 0 amide bonds. The van der Waals surface area contributed by atoms with Crippen LogP contribution >= 0.6 is 24.4 Å². The zero-order valence-electron chi connectivity index (χ0n) is 24.1. The Morgan fingerprint density at radius 1 is 0.757 bits per heavy atom. The summed E-state index contributed by atoms with van der Waals surface area (Å²) in [5, 5.41) is 21.0. The van der Waals surface area contributed by atoms with E-state index in [1.165, 1.54) is 44.1 Å². The molecule has 1 aliphatic rings. The first-order chi connectivity index (χ1) is 17.3. The number of aromatic hydroxyl groups is 2. The molecule has 0 heterocycles. The van der Waals surface area contributed by atoms with Gasteiger partial charge in [0.1, 0.15) is 0 Å². The molecule has 2 N–H and O–H groups in total. The predicted molar refractivity (Wildman–Crippen MR) is 162 cm³/mol. The van der Waals surface area contributed by atoms with Crippen LogP contribution in [0.1, 0.15) is 102 Å². The fraction of sp³-hybridized carbons (Fsp3) is 0.613. The van der Waals surface area contributed by atoms with Gasteiger partial charge in [0.25, 0.3) is 0 Å². The second kappa shape index (κ2) is 13.9. The second-order valence-electron chi connectivity index (χ2n) is 12.0. The van der Waals surface area contributed by atoms with Crippen molar-refractivity contribution in [1.29, 1.82) is 0 Å². The number of phenolic OH excluding ortho intramolecular Hbond substituents is 2. The summed E-state index contributed by atoms with van der Waals surface area (Å²) in [6, 6.07) is 7.98. The second-order valence-corrected chi connectivity index (χ2v) is 13.6. The first kappa shape index (κ1) is 31.6. The summed E-state index contributed by atoms with van der Waals surface area (Å²) < 4.78 is 10.5.